The molecule has 2 aromatic rings. The molecule has 0 spiro atoms. The highest BCUT2D eigenvalue weighted by Crippen LogP contribution is 2.27. The van der Waals surface area contributed by atoms with Crippen LogP contribution in [0.4, 0.5) is 19.0 Å². The number of rotatable bonds is 3. The van der Waals surface area contributed by atoms with Gasteiger partial charge in [0.05, 0.1) is 12.7 Å². The number of aromatic nitrogens is 2. The van der Waals surface area contributed by atoms with Gasteiger partial charge in [-0.1, -0.05) is 0 Å². The lowest BCUT2D eigenvalue weighted by Gasteiger charge is -2.04. The summed E-state index contributed by atoms with van der Waals surface area (Å²) in [5.41, 5.74) is -0.297. The van der Waals surface area contributed by atoms with Crippen LogP contribution < -0.4 is 0 Å². The van der Waals surface area contributed by atoms with Crippen LogP contribution in [-0.2, 0) is 10.9 Å². The molecular formula is C14H10F3N3O2. The molecule has 0 saturated heterocycles. The van der Waals surface area contributed by atoms with Gasteiger partial charge >= 0.3 is 12.1 Å². The smallest absolute Gasteiger partial charge is 0.433 e. The molecule has 2 heterocycles. The Hall–Kier alpha value is -2.77. The van der Waals surface area contributed by atoms with Crippen LogP contribution in [0.2, 0.25) is 0 Å². The van der Waals surface area contributed by atoms with Crippen molar-refractivity contribution in [1.82, 2.24) is 9.97 Å². The molecule has 0 N–H and O–H groups in total. The summed E-state index contributed by atoms with van der Waals surface area (Å²) in [7, 11) is 1.26. The van der Waals surface area contributed by atoms with E-state index in [-0.39, 0.29) is 5.56 Å². The number of pyridine rings is 2. The first kappa shape index (κ1) is 15.6. The van der Waals surface area contributed by atoms with Gasteiger partial charge < -0.3 is 4.74 Å². The van der Waals surface area contributed by atoms with E-state index in [9.17, 15) is 18.0 Å². The van der Waals surface area contributed by atoms with E-state index in [0.29, 0.717) is 11.4 Å². The summed E-state index contributed by atoms with van der Waals surface area (Å²) in [6, 6.07) is 5.09. The maximum absolute atomic E-state index is 12.4. The van der Waals surface area contributed by atoms with Crippen LogP contribution in [0.15, 0.2) is 41.7 Å². The normalized spacial score (nSPS) is 11.6. The van der Waals surface area contributed by atoms with E-state index in [1.165, 1.54) is 37.7 Å². The van der Waals surface area contributed by atoms with Crippen molar-refractivity contribution in [1.29, 1.82) is 0 Å². The van der Waals surface area contributed by atoms with Gasteiger partial charge in [0, 0.05) is 24.2 Å². The largest absolute Gasteiger partial charge is 0.465 e. The maximum Gasteiger partial charge on any atom is 0.433 e. The van der Waals surface area contributed by atoms with Gasteiger partial charge in [-0.05, 0) is 24.3 Å². The van der Waals surface area contributed by atoms with E-state index in [1.807, 2.05) is 0 Å². The van der Waals surface area contributed by atoms with Crippen molar-refractivity contribution in [2.24, 2.45) is 4.99 Å². The molecule has 0 aliphatic heterocycles. The fourth-order valence-corrected chi connectivity index (χ4v) is 1.49. The van der Waals surface area contributed by atoms with E-state index in [2.05, 4.69) is 19.7 Å². The molecule has 114 valence electrons. The monoisotopic (exact) mass is 309 g/mol. The van der Waals surface area contributed by atoms with Gasteiger partial charge in [0.15, 0.2) is 5.82 Å². The molecule has 0 aliphatic rings. The van der Waals surface area contributed by atoms with Crippen LogP contribution in [0.3, 0.4) is 0 Å². The van der Waals surface area contributed by atoms with Crippen molar-refractivity contribution in [2.75, 3.05) is 7.11 Å². The maximum atomic E-state index is 12.4. The SMILES string of the molecule is COC(=O)c1ccc(N=Cc2ccc(C(F)(F)F)nc2)nc1. The van der Waals surface area contributed by atoms with Gasteiger partial charge in [0.2, 0.25) is 0 Å². The molecule has 0 saturated carbocycles. The molecule has 22 heavy (non-hydrogen) atoms. The van der Waals surface area contributed by atoms with Gasteiger partial charge in [-0.15, -0.1) is 0 Å². The molecule has 2 aromatic heterocycles. The minimum Gasteiger partial charge on any atom is -0.465 e. The van der Waals surface area contributed by atoms with Crippen LogP contribution in [0.1, 0.15) is 21.6 Å². The zero-order valence-corrected chi connectivity index (χ0v) is 11.3. The van der Waals surface area contributed by atoms with Crippen molar-refractivity contribution < 1.29 is 22.7 Å². The number of carbonyl (C=O) groups excluding carboxylic acids is 1. The van der Waals surface area contributed by atoms with Crippen molar-refractivity contribution in [3.05, 3.63) is 53.5 Å². The lowest BCUT2D eigenvalue weighted by atomic mass is 10.2. The third-order valence-corrected chi connectivity index (χ3v) is 2.59. The number of methoxy groups -OCH3 is 1. The van der Waals surface area contributed by atoms with Gasteiger partial charge in [-0.25, -0.2) is 14.8 Å². The first-order chi connectivity index (χ1) is 10.4. The molecule has 0 fully saturated rings. The number of halogens is 3. The highest BCUT2D eigenvalue weighted by atomic mass is 19.4. The molecule has 0 aromatic carbocycles. The van der Waals surface area contributed by atoms with Crippen LogP contribution in [0.5, 0.6) is 0 Å². The predicted octanol–water partition coefficient (Wildman–Crippen LogP) is 3.03. The molecule has 0 bridgehead atoms. The molecule has 8 heteroatoms. The fraction of sp³-hybridized carbons (Fsp3) is 0.143. The number of hydrogen-bond donors (Lipinski definition) is 0. The van der Waals surface area contributed by atoms with Crippen LogP contribution in [0, 0.1) is 0 Å². The van der Waals surface area contributed by atoms with Crippen molar-refractivity contribution in [2.45, 2.75) is 6.18 Å². The highest BCUT2D eigenvalue weighted by Gasteiger charge is 2.31. The molecule has 2 rings (SSSR count). The zero-order chi connectivity index (χ0) is 16.2. The Morgan fingerprint density at radius 2 is 1.95 bits per heavy atom. The number of esters is 1. The van der Waals surface area contributed by atoms with Gasteiger partial charge in [0.25, 0.3) is 0 Å². The topological polar surface area (TPSA) is 64.4 Å². The first-order valence-electron chi connectivity index (χ1n) is 6.02. The van der Waals surface area contributed by atoms with E-state index < -0.39 is 17.8 Å². The average Bonchev–Trinajstić information content (AvgIpc) is 2.52. The van der Waals surface area contributed by atoms with Crippen LogP contribution in [-0.4, -0.2) is 29.3 Å². The summed E-state index contributed by atoms with van der Waals surface area (Å²) in [6.07, 6.45) is -0.785. The van der Waals surface area contributed by atoms with Gasteiger partial charge in [0.1, 0.15) is 5.69 Å². The van der Waals surface area contributed by atoms with E-state index in [0.717, 1.165) is 12.3 Å². The number of ether oxygens (including phenoxy) is 1. The third-order valence-electron chi connectivity index (χ3n) is 2.59. The molecular weight excluding hydrogens is 299 g/mol. The van der Waals surface area contributed by atoms with Gasteiger partial charge in [-0.3, -0.25) is 4.98 Å². The summed E-state index contributed by atoms with van der Waals surface area (Å²) < 4.78 is 41.6. The fourth-order valence-electron chi connectivity index (χ4n) is 1.49. The number of alkyl halides is 3. The van der Waals surface area contributed by atoms with E-state index in [1.54, 1.807) is 0 Å². The van der Waals surface area contributed by atoms with Crippen molar-refractivity contribution in [3.63, 3.8) is 0 Å². The lowest BCUT2D eigenvalue weighted by molar-refractivity contribution is -0.141. The molecule has 0 unspecified atom stereocenters. The first-order valence-corrected chi connectivity index (χ1v) is 6.02. The molecule has 5 nitrogen and oxygen atoms in total. The number of hydrogen-bond acceptors (Lipinski definition) is 5. The standard InChI is InChI=1S/C14H10F3N3O2/c1-22-13(21)10-3-5-12(20-8-10)19-7-9-2-4-11(18-6-9)14(15,16)17/h2-8H,1H3. The van der Waals surface area contributed by atoms with Gasteiger partial charge in [-0.2, -0.15) is 13.2 Å². The lowest BCUT2D eigenvalue weighted by Crippen LogP contribution is -2.07. The second kappa shape index (κ2) is 6.33. The third kappa shape index (κ3) is 3.87. The average molecular weight is 309 g/mol. The number of carbonyl (C=O) groups is 1. The minimum atomic E-state index is -4.47. The predicted molar refractivity (Wildman–Crippen MR) is 72.1 cm³/mol. The second-order valence-electron chi connectivity index (χ2n) is 4.13. The Labute approximate surface area is 123 Å². The molecule has 0 radical (unpaired) electrons. The van der Waals surface area contributed by atoms with E-state index in [4.69, 9.17) is 0 Å². The zero-order valence-electron chi connectivity index (χ0n) is 11.3. The van der Waals surface area contributed by atoms with Crippen LogP contribution in [0.25, 0.3) is 0 Å². The number of aliphatic imine (C=N–C) groups is 1. The highest BCUT2D eigenvalue weighted by molar-refractivity contribution is 5.89. The minimum absolute atomic E-state index is 0.276. The Morgan fingerprint density at radius 3 is 2.45 bits per heavy atom. The summed E-state index contributed by atoms with van der Waals surface area (Å²) in [5, 5.41) is 0. The quantitative estimate of drug-likeness (QED) is 0.646. The van der Waals surface area contributed by atoms with E-state index >= 15 is 0 Å². The number of nitrogens with zero attached hydrogens (tertiary/aromatic N) is 3. The van der Waals surface area contributed by atoms with Crippen molar-refractivity contribution >= 4 is 18.0 Å². The Bertz CT molecular complexity index is 680. The molecule has 0 aliphatic carbocycles. The molecule has 0 amide bonds. The summed E-state index contributed by atoms with van der Waals surface area (Å²) in [4.78, 5) is 22.4. The second-order valence-corrected chi connectivity index (χ2v) is 4.13. The Morgan fingerprint density at radius 1 is 1.18 bits per heavy atom. The summed E-state index contributed by atoms with van der Waals surface area (Å²) in [6.45, 7) is 0. The summed E-state index contributed by atoms with van der Waals surface area (Å²) >= 11 is 0. The summed E-state index contributed by atoms with van der Waals surface area (Å²) in [5.74, 6) is -0.220. The van der Waals surface area contributed by atoms with Crippen molar-refractivity contribution in [3.8, 4) is 0 Å². The Balaban J connectivity index is 2.10. The van der Waals surface area contributed by atoms with Crippen LogP contribution >= 0.6 is 0 Å². The Kier molecular flexibility index (Phi) is 4.50. The molecule has 0 atom stereocenters.